The fraction of sp³-hybridized carbons (Fsp3) is 0.364. The van der Waals surface area contributed by atoms with Crippen LogP contribution < -0.4 is 19.3 Å². The summed E-state index contributed by atoms with van der Waals surface area (Å²) in [6.07, 6.45) is 2.21. The average Bonchev–Trinajstić information content (AvgIpc) is 2.74. The Hall–Kier alpha value is -3.42. The van der Waals surface area contributed by atoms with Crippen molar-refractivity contribution >= 4 is 11.4 Å². The number of fused-ring (bicyclic) bond motifs is 2. The number of nitrogens with zero attached hydrogens (tertiary/aromatic N) is 4. The van der Waals surface area contributed by atoms with Crippen LogP contribution in [0.2, 0.25) is 0 Å². The van der Waals surface area contributed by atoms with Crippen LogP contribution in [0.4, 0.5) is 11.4 Å². The minimum absolute atomic E-state index is 0.218. The first kappa shape index (κ1) is 20.3. The Morgan fingerprint density at radius 3 is 2.55 bits per heavy atom. The summed E-state index contributed by atoms with van der Waals surface area (Å²) >= 11 is 0. The third-order valence-electron chi connectivity index (χ3n) is 4.54. The molecule has 29 heavy (non-hydrogen) atoms. The maximum atomic E-state index is 9.59. The van der Waals surface area contributed by atoms with Gasteiger partial charge >= 0.3 is 0 Å². The standard InChI is InChI=1S/C22H24N4O3/c1-18-7-8-20-22(15-18)29-14-13-28-21-6-4-3-5-19(21)26(17-24-2)10-12-27-11-9-25(20)16-23/h3-8,15H,9-14,17H2,1H3. The highest BCUT2D eigenvalue weighted by Gasteiger charge is 2.16. The van der Waals surface area contributed by atoms with Crippen molar-refractivity contribution in [3.8, 4) is 17.7 Å². The number of rotatable bonds is 1. The van der Waals surface area contributed by atoms with Crippen LogP contribution in [0.15, 0.2) is 42.5 Å². The molecule has 0 aromatic heterocycles. The van der Waals surface area contributed by atoms with Crippen molar-refractivity contribution in [3.05, 3.63) is 59.4 Å². The van der Waals surface area contributed by atoms with E-state index in [0.717, 1.165) is 11.3 Å². The topological polar surface area (TPSA) is 62.3 Å². The molecule has 0 fully saturated rings. The van der Waals surface area contributed by atoms with Gasteiger partial charge in [-0.25, -0.2) is 6.57 Å². The number of hydrogen-bond donors (Lipinski definition) is 0. The van der Waals surface area contributed by atoms with E-state index in [1.54, 1.807) is 4.90 Å². The summed E-state index contributed by atoms with van der Waals surface area (Å²) in [4.78, 5) is 7.03. The molecule has 3 rings (SSSR count). The van der Waals surface area contributed by atoms with Crippen molar-refractivity contribution in [2.45, 2.75) is 6.92 Å². The van der Waals surface area contributed by atoms with Gasteiger partial charge in [0, 0.05) is 6.54 Å². The quantitative estimate of drug-likeness (QED) is 0.547. The van der Waals surface area contributed by atoms with E-state index >= 15 is 0 Å². The average molecular weight is 392 g/mol. The van der Waals surface area contributed by atoms with Crippen LogP contribution in [-0.2, 0) is 4.74 Å². The lowest BCUT2D eigenvalue weighted by molar-refractivity contribution is 0.148. The first-order valence-corrected chi connectivity index (χ1v) is 9.51. The second kappa shape index (κ2) is 10.2. The zero-order chi connectivity index (χ0) is 20.5. The molecule has 0 atom stereocenters. The van der Waals surface area contributed by atoms with Gasteiger partial charge in [0.05, 0.1) is 31.1 Å². The van der Waals surface area contributed by atoms with Crippen molar-refractivity contribution in [1.29, 1.82) is 5.26 Å². The lowest BCUT2D eigenvalue weighted by Crippen LogP contribution is -2.29. The van der Waals surface area contributed by atoms with Gasteiger partial charge in [0.1, 0.15) is 24.7 Å². The van der Waals surface area contributed by atoms with E-state index in [2.05, 4.69) is 11.0 Å². The molecule has 7 heteroatoms. The number of para-hydroxylation sites is 2. The van der Waals surface area contributed by atoms with E-state index in [-0.39, 0.29) is 6.67 Å². The van der Waals surface area contributed by atoms with Gasteiger partial charge in [-0.3, -0.25) is 14.6 Å². The van der Waals surface area contributed by atoms with E-state index in [1.165, 1.54) is 0 Å². The Balaban J connectivity index is 1.84. The summed E-state index contributed by atoms with van der Waals surface area (Å²) in [5.41, 5.74) is 2.63. The number of anilines is 2. The Morgan fingerprint density at radius 2 is 1.76 bits per heavy atom. The number of ether oxygens (including phenoxy) is 3. The van der Waals surface area contributed by atoms with Crippen molar-refractivity contribution in [1.82, 2.24) is 0 Å². The largest absolute Gasteiger partial charge is 0.488 e. The Kier molecular flexibility index (Phi) is 7.16. The van der Waals surface area contributed by atoms with Crippen LogP contribution in [0.5, 0.6) is 11.5 Å². The van der Waals surface area contributed by atoms with E-state index < -0.39 is 0 Å². The Bertz CT molecular complexity index is 904. The summed E-state index contributed by atoms with van der Waals surface area (Å²) in [6.45, 7) is 12.0. The molecule has 0 radical (unpaired) electrons. The summed E-state index contributed by atoms with van der Waals surface area (Å²) in [7, 11) is 0. The second-order valence-corrected chi connectivity index (χ2v) is 6.56. The molecule has 2 aromatic rings. The molecule has 0 N–H and O–H groups in total. The first-order valence-electron chi connectivity index (χ1n) is 9.51. The molecule has 150 valence electrons. The Labute approximate surface area is 171 Å². The molecule has 2 aromatic carbocycles. The minimum atomic E-state index is 0.218. The maximum absolute atomic E-state index is 9.59. The normalized spacial score (nSPS) is 15.3. The van der Waals surface area contributed by atoms with Crippen molar-refractivity contribution in [2.75, 3.05) is 56.0 Å². The predicted molar refractivity (Wildman–Crippen MR) is 111 cm³/mol. The molecule has 1 aliphatic rings. The number of nitriles is 1. The van der Waals surface area contributed by atoms with Gasteiger partial charge in [0.25, 0.3) is 6.67 Å². The maximum Gasteiger partial charge on any atom is 0.289 e. The van der Waals surface area contributed by atoms with E-state index in [4.69, 9.17) is 20.8 Å². The molecule has 0 amide bonds. The molecular formula is C22H24N4O3. The lowest BCUT2D eigenvalue weighted by Gasteiger charge is -2.22. The monoisotopic (exact) mass is 392 g/mol. The van der Waals surface area contributed by atoms with Crippen molar-refractivity contribution < 1.29 is 14.2 Å². The fourth-order valence-corrected chi connectivity index (χ4v) is 3.11. The first-order chi connectivity index (χ1) is 14.2. The van der Waals surface area contributed by atoms with Gasteiger partial charge < -0.3 is 14.2 Å². The van der Waals surface area contributed by atoms with Crippen LogP contribution in [0.1, 0.15) is 5.56 Å². The van der Waals surface area contributed by atoms with Gasteiger partial charge in [0.15, 0.2) is 6.19 Å². The molecule has 0 saturated heterocycles. The molecule has 1 aliphatic heterocycles. The molecular weight excluding hydrogens is 368 g/mol. The zero-order valence-electron chi connectivity index (χ0n) is 16.5. The molecule has 0 aliphatic carbocycles. The fourth-order valence-electron chi connectivity index (χ4n) is 3.11. The summed E-state index contributed by atoms with van der Waals surface area (Å²) in [6, 6.07) is 13.4. The summed E-state index contributed by atoms with van der Waals surface area (Å²) in [5, 5.41) is 9.59. The van der Waals surface area contributed by atoms with Crippen molar-refractivity contribution in [3.63, 3.8) is 0 Å². The SMILES string of the molecule is [C-]#[N+]CN1CCOCCN(C#N)c2ccc(C)cc2OCCOc2ccccc21. The van der Waals surface area contributed by atoms with E-state index in [1.807, 2.05) is 54.3 Å². The lowest BCUT2D eigenvalue weighted by atomic mass is 10.2. The van der Waals surface area contributed by atoms with Gasteiger partial charge in [-0.15, -0.1) is 0 Å². The third kappa shape index (κ3) is 5.31. The van der Waals surface area contributed by atoms with E-state index in [0.29, 0.717) is 56.7 Å². The molecule has 0 unspecified atom stereocenters. The van der Waals surface area contributed by atoms with Crippen LogP contribution in [-0.4, -0.2) is 46.2 Å². The molecule has 1 heterocycles. The highest BCUT2D eigenvalue weighted by atomic mass is 16.5. The number of aryl methyl sites for hydroxylation is 1. The zero-order valence-corrected chi connectivity index (χ0v) is 16.5. The number of benzene rings is 2. The molecule has 0 saturated carbocycles. The Morgan fingerprint density at radius 1 is 1.00 bits per heavy atom. The van der Waals surface area contributed by atoms with Gasteiger partial charge in [-0.1, -0.05) is 18.2 Å². The minimum Gasteiger partial charge on any atom is -0.488 e. The van der Waals surface area contributed by atoms with Crippen molar-refractivity contribution in [2.24, 2.45) is 0 Å². The second-order valence-electron chi connectivity index (χ2n) is 6.56. The molecule has 0 bridgehead atoms. The van der Waals surface area contributed by atoms with E-state index in [9.17, 15) is 5.26 Å². The highest BCUT2D eigenvalue weighted by molar-refractivity contribution is 5.62. The third-order valence-corrected chi connectivity index (χ3v) is 4.54. The number of hydrogen-bond acceptors (Lipinski definition) is 6. The van der Waals surface area contributed by atoms with Crippen LogP contribution in [0.25, 0.3) is 4.85 Å². The molecule has 0 spiro atoms. The smallest absolute Gasteiger partial charge is 0.289 e. The van der Waals surface area contributed by atoms with Gasteiger partial charge in [-0.05, 0) is 36.8 Å². The predicted octanol–water partition coefficient (Wildman–Crippen LogP) is 3.45. The van der Waals surface area contributed by atoms with Crippen LogP contribution >= 0.6 is 0 Å². The summed E-state index contributed by atoms with van der Waals surface area (Å²) < 4.78 is 17.6. The summed E-state index contributed by atoms with van der Waals surface area (Å²) in [5.74, 6) is 1.35. The van der Waals surface area contributed by atoms with Crippen LogP contribution in [0, 0.1) is 25.0 Å². The molecule has 7 nitrogen and oxygen atoms in total. The highest BCUT2D eigenvalue weighted by Crippen LogP contribution is 2.30. The van der Waals surface area contributed by atoms with Gasteiger partial charge in [-0.2, -0.15) is 5.26 Å². The van der Waals surface area contributed by atoms with Crippen LogP contribution in [0.3, 0.4) is 0 Å². The van der Waals surface area contributed by atoms with Gasteiger partial charge in [0.2, 0.25) is 0 Å².